The van der Waals surface area contributed by atoms with Crippen LogP contribution in [0.1, 0.15) is 74.5 Å². The topological polar surface area (TPSA) is 78.9 Å². The van der Waals surface area contributed by atoms with Crippen molar-refractivity contribution in [2.75, 3.05) is 0 Å². The summed E-state index contributed by atoms with van der Waals surface area (Å²) in [5.74, 6) is -0.490. The van der Waals surface area contributed by atoms with Crippen LogP contribution in [0.15, 0.2) is 91.0 Å². The van der Waals surface area contributed by atoms with Crippen LogP contribution in [0.2, 0.25) is 19.0 Å². The molecular formula is C36H45BO6. The number of esters is 3. The number of benzene rings is 3. The van der Waals surface area contributed by atoms with Gasteiger partial charge < -0.3 is 14.2 Å². The molecule has 3 aromatic rings. The highest BCUT2D eigenvalue weighted by molar-refractivity contribution is 6.58. The number of carbonyl (C=O) groups excluding carboxylic acids is 3. The van der Waals surface area contributed by atoms with E-state index in [0.717, 1.165) is 74.2 Å². The number of hydrogen-bond donors (Lipinski definition) is 0. The summed E-state index contributed by atoms with van der Waals surface area (Å²) in [4.78, 5) is 36.6. The first-order valence-corrected chi connectivity index (χ1v) is 15.7. The van der Waals surface area contributed by atoms with E-state index in [1.165, 1.54) is 0 Å². The lowest BCUT2D eigenvalue weighted by atomic mass is 9.41. The summed E-state index contributed by atoms with van der Waals surface area (Å²) in [6, 6.07) is 29.1. The molecule has 0 unspecified atom stereocenters. The van der Waals surface area contributed by atoms with Gasteiger partial charge in [-0.25, -0.2) is 0 Å². The van der Waals surface area contributed by atoms with Crippen LogP contribution in [-0.2, 0) is 48.4 Å². The summed E-state index contributed by atoms with van der Waals surface area (Å²) in [5, 5.41) is 0. The average molecular weight is 585 g/mol. The Hall–Kier alpha value is -3.87. The highest BCUT2D eigenvalue weighted by Gasteiger charge is 2.15. The van der Waals surface area contributed by atoms with Crippen LogP contribution in [0.25, 0.3) is 0 Å². The Morgan fingerprint density at radius 1 is 0.419 bits per heavy atom. The molecule has 0 fully saturated rings. The van der Waals surface area contributed by atoms with Crippen LogP contribution < -0.4 is 0 Å². The van der Waals surface area contributed by atoms with Gasteiger partial charge in [0, 0.05) is 19.3 Å². The van der Waals surface area contributed by atoms with Crippen molar-refractivity contribution in [3.63, 3.8) is 0 Å². The van der Waals surface area contributed by atoms with Gasteiger partial charge in [0.1, 0.15) is 26.5 Å². The van der Waals surface area contributed by atoms with E-state index >= 15 is 0 Å². The van der Waals surface area contributed by atoms with Gasteiger partial charge in [-0.2, -0.15) is 0 Å². The Labute approximate surface area is 257 Å². The van der Waals surface area contributed by atoms with Crippen molar-refractivity contribution in [3.05, 3.63) is 108 Å². The van der Waals surface area contributed by atoms with Crippen LogP contribution in [0.5, 0.6) is 0 Å². The standard InChI is InChI=1S/C36H45BO6/c38-34(41-28-31-16-4-1-5-17-31)22-10-13-25-37(26-14-11-23-35(39)42-29-32-18-6-2-7-19-32)27-15-12-24-36(40)43-30-33-20-8-3-9-21-33/h1-9,16-21H,10-15,22-30H2. The van der Waals surface area contributed by atoms with E-state index in [2.05, 4.69) is 0 Å². The molecule has 3 aromatic carbocycles. The molecule has 0 aliphatic rings. The summed E-state index contributed by atoms with van der Waals surface area (Å²) in [5.41, 5.74) is 2.97. The Morgan fingerprint density at radius 2 is 0.698 bits per heavy atom. The fourth-order valence-electron chi connectivity index (χ4n) is 4.97. The second kappa shape index (κ2) is 20.9. The quantitative estimate of drug-likeness (QED) is 0.0543. The number of rotatable bonds is 21. The zero-order valence-electron chi connectivity index (χ0n) is 25.3. The molecule has 0 radical (unpaired) electrons. The van der Waals surface area contributed by atoms with E-state index in [1.54, 1.807) is 0 Å². The number of ether oxygens (including phenoxy) is 3. The molecule has 0 saturated carbocycles. The SMILES string of the molecule is O=C(CCCCB(CCCCC(=O)OCc1ccccc1)CCCCC(=O)OCc1ccccc1)OCc1ccccc1. The summed E-state index contributed by atoms with van der Waals surface area (Å²) in [6.07, 6.45) is 9.52. The van der Waals surface area contributed by atoms with Gasteiger partial charge in [-0.1, -0.05) is 129 Å². The van der Waals surface area contributed by atoms with Gasteiger partial charge in [-0.3, -0.25) is 14.4 Å². The highest BCUT2D eigenvalue weighted by atomic mass is 16.5. The first-order valence-electron chi connectivity index (χ1n) is 15.7. The minimum atomic E-state index is -0.163. The molecule has 0 aliphatic heterocycles. The molecule has 3 rings (SSSR count). The molecule has 6 nitrogen and oxygen atoms in total. The Morgan fingerprint density at radius 3 is 0.977 bits per heavy atom. The molecule has 43 heavy (non-hydrogen) atoms. The van der Waals surface area contributed by atoms with Crippen LogP contribution >= 0.6 is 0 Å². The highest BCUT2D eigenvalue weighted by Crippen LogP contribution is 2.19. The van der Waals surface area contributed by atoms with Gasteiger partial charge in [0.2, 0.25) is 0 Å². The van der Waals surface area contributed by atoms with E-state index in [0.29, 0.717) is 45.8 Å². The van der Waals surface area contributed by atoms with E-state index in [4.69, 9.17) is 14.2 Å². The zero-order valence-corrected chi connectivity index (χ0v) is 25.3. The molecule has 0 aromatic heterocycles. The van der Waals surface area contributed by atoms with Crippen molar-refractivity contribution in [1.82, 2.24) is 0 Å². The Balaban J connectivity index is 1.32. The van der Waals surface area contributed by atoms with E-state index in [9.17, 15) is 14.4 Å². The smallest absolute Gasteiger partial charge is 0.306 e. The summed E-state index contributed by atoms with van der Waals surface area (Å²) in [7, 11) is 0. The van der Waals surface area contributed by atoms with Crippen molar-refractivity contribution in [1.29, 1.82) is 0 Å². The first-order chi connectivity index (χ1) is 21.1. The molecule has 0 heterocycles. The van der Waals surface area contributed by atoms with Crippen molar-refractivity contribution < 1.29 is 28.6 Å². The lowest BCUT2D eigenvalue weighted by molar-refractivity contribution is -0.146. The van der Waals surface area contributed by atoms with Gasteiger partial charge in [0.15, 0.2) is 0 Å². The summed E-state index contributed by atoms with van der Waals surface area (Å²) < 4.78 is 16.2. The van der Waals surface area contributed by atoms with Crippen molar-refractivity contribution >= 4 is 24.6 Å². The second-order valence-electron chi connectivity index (χ2n) is 11.0. The summed E-state index contributed by atoms with van der Waals surface area (Å²) in [6.45, 7) is 1.42. The van der Waals surface area contributed by atoms with Crippen molar-refractivity contribution in [3.8, 4) is 0 Å². The van der Waals surface area contributed by atoms with Crippen molar-refractivity contribution in [2.45, 2.75) is 96.6 Å². The Bertz CT molecular complexity index is 1040. The van der Waals surface area contributed by atoms with Crippen LogP contribution in [0, 0.1) is 0 Å². The minimum Gasteiger partial charge on any atom is -0.461 e. The lowest BCUT2D eigenvalue weighted by Gasteiger charge is -2.14. The predicted octanol–water partition coefficient (Wildman–Crippen LogP) is 8.22. The molecular weight excluding hydrogens is 539 g/mol. The third-order valence-electron chi connectivity index (χ3n) is 7.46. The monoisotopic (exact) mass is 584 g/mol. The molecule has 0 bridgehead atoms. The molecule has 0 atom stereocenters. The average Bonchev–Trinajstić information content (AvgIpc) is 3.05. The molecule has 0 N–H and O–H groups in total. The minimum absolute atomic E-state index is 0.163. The third kappa shape index (κ3) is 15.8. The van der Waals surface area contributed by atoms with Crippen LogP contribution in [0.4, 0.5) is 0 Å². The van der Waals surface area contributed by atoms with Gasteiger partial charge in [0.05, 0.1) is 0 Å². The van der Waals surface area contributed by atoms with E-state index < -0.39 is 0 Å². The number of carbonyl (C=O) groups is 3. The van der Waals surface area contributed by atoms with E-state index in [1.807, 2.05) is 91.0 Å². The van der Waals surface area contributed by atoms with Crippen LogP contribution in [0.3, 0.4) is 0 Å². The Kier molecular flexibility index (Phi) is 16.4. The fourth-order valence-corrected chi connectivity index (χ4v) is 4.97. The molecule has 0 saturated heterocycles. The molecule has 0 aliphatic carbocycles. The number of unbranched alkanes of at least 4 members (excludes halogenated alkanes) is 3. The van der Waals surface area contributed by atoms with Gasteiger partial charge in [0.25, 0.3) is 0 Å². The maximum atomic E-state index is 12.2. The molecule has 7 heteroatoms. The molecule has 228 valence electrons. The maximum absolute atomic E-state index is 12.2. The fraction of sp³-hybridized carbons (Fsp3) is 0.417. The largest absolute Gasteiger partial charge is 0.461 e. The van der Waals surface area contributed by atoms with Gasteiger partial charge in [-0.15, -0.1) is 0 Å². The lowest BCUT2D eigenvalue weighted by Crippen LogP contribution is -2.13. The number of hydrogen-bond acceptors (Lipinski definition) is 6. The third-order valence-corrected chi connectivity index (χ3v) is 7.46. The normalized spacial score (nSPS) is 10.6. The second-order valence-corrected chi connectivity index (χ2v) is 11.0. The maximum Gasteiger partial charge on any atom is 0.306 e. The molecule has 0 spiro atoms. The molecule has 0 amide bonds. The van der Waals surface area contributed by atoms with Gasteiger partial charge >= 0.3 is 17.9 Å². The summed E-state index contributed by atoms with van der Waals surface area (Å²) >= 11 is 0. The predicted molar refractivity (Wildman–Crippen MR) is 170 cm³/mol. The first kappa shape index (κ1) is 33.6. The van der Waals surface area contributed by atoms with Crippen molar-refractivity contribution in [2.24, 2.45) is 0 Å². The zero-order chi connectivity index (χ0) is 30.4. The van der Waals surface area contributed by atoms with Gasteiger partial charge in [-0.05, 0) is 36.0 Å². The van der Waals surface area contributed by atoms with E-state index in [-0.39, 0.29) is 17.9 Å². The van der Waals surface area contributed by atoms with Crippen LogP contribution in [-0.4, -0.2) is 24.6 Å².